The minimum absolute atomic E-state index is 0.226. The first-order valence-corrected chi connectivity index (χ1v) is 11.6. The SMILES string of the molecule is CCc1ccc(-n2c(C)nnc2[C@H]2CC[C@H](Oc3ccccn3)CC2)c(SC)c1. The van der Waals surface area contributed by atoms with E-state index in [0.29, 0.717) is 5.92 Å². The summed E-state index contributed by atoms with van der Waals surface area (Å²) < 4.78 is 8.32. The minimum atomic E-state index is 0.226. The predicted molar refractivity (Wildman–Crippen MR) is 117 cm³/mol. The van der Waals surface area contributed by atoms with E-state index in [-0.39, 0.29) is 6.10 Å². The first-order valence-electron chi connectivity index (χ1n) is 10.4. The van der Waals surface area contributed by atoms with Gasteiger partial charge in [0.2, 0.25) is 5.88 Å². The van der Waals surface area contributed by atoms with Gasteiger partial charge in [-0.2, -0.15) is 0 Å². The number of aromatic nitrogens is 4. The summed E-state index contributed by atoms with van der Waals surface area (Å²) in [6.45, 7) is 4.24. The van der Waals surface area contributed by atoms with E-state index in [1.54, 1.807) is 18.0 Å². The summed E-state index contributed by atoms with van der Waals surface area (Å²) in [4.78, 5) is 5.57. The summed E-state index contributed by atoms with van der Waals surface area (Å²) in [7, 11) is 0. The first-order chi connectivity index (χ1) is 14.2. The Kier molecular flexibility index (Phi) is 6.19. The Morgan fingerprint density at radius 3 is 2.62 bits per heavy atom. The van der Waals surface area contributed by atoms with E-state index in [9.17, 15) is 0 Å². The highest BCUT2D eigenvalue weighted by atomic mass is 32.2. The maximum Gasteiger partial charge on any atom is 0.213 e. The third kappa shape index (κ3) is 4.32. The van der Waals surface area contributed by atoms with Crippen molar-refractivity contribution in [1.82, 2.24) is 19.7 Å². The normalized spacial score (nSPS) is 19.3. The minimum Gasteiger partial charge on any atom is -0.474 e. The van der Waals surface area contributed by atoms with E-state index in [1.165, 1.54) is 16.1 Å². The second kappa shape index (κ2) is 8.99. The maximum absolute atomic E-state index is 6.06. The quantitative estimate of drug-likeness (QED) is 0.514. The zero-order valence-corrected chi connectivity index (χ0v) is 18.2. The monoisotopic (exact) mass is 408 g/mol. The molecular weight excluding hydrogens is 380 g/mol. The molecule has 2 heterocycles. The van der Waals surface area contributed by atoms with Gasteiger partial charge in [0.1, 0.15) is 17.8 Å². The van der Waals surface area contributed by atoms with Crippen LogP contribution in [0.4, 0.5) is 0 Å². The molecule has 1 aliphatic carbocycles. The van der Waals surface area contributed by atoms with Crippen molar-refractivity contribution in [3.05, 3.63) is 59.8 Å². The Morgan fingerprint density at radius 1 is 1.10 bits per heavy atom. The van der Waals surface area contributed by atoms with Crippen molar-refractivity contribution in [3.63, 3.8) is 0 Å². The van der Waals surface area contributed by atoms with Gasteiger partial charge in [-0.25, -0.2) is 4.98 Å². The Morgan fingerprint density at radius 2 is 1.93 bits per heavy atom. The lowest BCUT2D eigenvalue weighted by Crippen LogP contribution is -2.25. The van der Waals surface area contributed by atoms with Crippen LogP contribution in [0.5, 0.6) is 5.88 Å². The van der Waals surface area contributed by atoms with Gasteiger partial charge in [0.15, 0.2) is 0 Å². The molecule has 0 spiro atoms. The molecule has 3 aromatic rings. The van der Waals surface area contributed by atoms with Crippen molar-refractivity contribution in [3.8, 4) is 11.6 Å². The summed E-state index contributed by atoms with van der Waals surface area (Å²) in [6, 6.07) is 12.5. The number of thioether (sulfide) groups is 1. The van der Waals surface area contributed by atoms with Crippen LogP contribution in [-0.4, -0.2) is 32.1 Å². The topological polar surface area (TPSA) is 52.8 Å². The molecule has 29 heavy (non-hydrogen) atoms. The van der Waals surface area contributed by atoms with Crippen molar-refractivity contribution in [2.75, 3.05) is 6.26 Å². The lowest BCUT2D eigenvalue weighted by molar-refractivity contribution is 0.139. The fourth-order valence-electron chi connectivity index (χ4n) is 4.09. The molecule has 1 aromatic carbocycles. The molecule has 0 saturated heterocycles. The van der Waals surface area contributed by atoms with Gasteiger partial charge in [-0.15, -0.1) is 22.0 Å². The maximum atomic E-state index is 6.06. The molecule has 1 aliphatic rings. The van der Waals surface area contributed by atoms with Gasteiger partial charge in [0.25, 0.3) is 0 Å². The van der Waals surface area contributed by atoms with E-state index in [1.807, 2.05) is 25.1 Å². The van der Waals surface area contributed by atoms with Crippen LogP contribution in [0.2, 0.25) is 0 Å². The van der Waals surface area contributed by atoms with Crippen LogP contribution in [0.1, 0.15) is 55.7 Å². The first kappa shape index (κ1) is 20.0. The molecule has 152 valence electrons. The van der Waals surface area contributed by atoms with Crippen molar-refractivity contribution >= 4 is 11.8 Å². The molecule has 1 saturated carbocycles. The van der Waals surface area contributed by atoms with Gasteiger partial charge in [-0.05, 0) is 69.0 Å². The van der Waals surface area contributed by atoms with Gasteiger partial charge in [-0.1, -0.05) is 19.1 Å². The highest BCUT2D eigenvalue weighted by molar-refractivity contribution is 7.98. The van der Waals surface area contributed by atoms with Crippen molar-refractivity contribution in [1.29, 1.82) is 0 Å². The van der Waals surface area contributed by atoms with Crippen molar-refractivity contribution in [2.24, 2.45) is 0 Å². The van der Waals surface area contributed by atoms with Crippen LogP contribution in [-0.2, 0) is 6.42 Å². The van der Waals surface area contributed by atoms with Crippen LogP contribution in [0, 0.1) is 6.92 Å². The Bertz CT molecular complexity index is 949. The van der Waals surface area contributed by atoms with Gasteiger partial charge >= 0.3 is 0 Å². The number of hydrogen-bond acceptors (Lipinski definition) is 5. The molecule has 0 radical (unpaired) electrons. The van der Waals surface area contributed by atoms with E-state index >= 15 is 0 Å². The smallest absolute Gasteiger partial charge is 0.213 e. The van der Waals surface area contributed by atoms with Gasteiger partial charge < -0.3 is 4.74 Å². The molecule has 0 unspecified atom stereocenters. The van der Waals surface area contributed by atoms with Gasteiger partial charge in [-0.3, -0.25) is 4.57 Å². The predicted octanol–water partition coefficient (Wildman–Crippen LogP) is 5.36. The number of pyridine rings is 1. The summed E-state index contributed by atoms with van der Waals surface area (Å²) in [5.41, 5.74) is 2.55. The second-order valence-corrected chi connectivity index (χ2v) is 8.41. The van der Waals surface area contributed by atoms with Crippen LogP contribution in [0.15, 0.2) is 47.5 Å². The Balaban J connectivity index is 1.53. The largest absolute Gasteiger partial charge is 0.474 e. The van der Waals surface area contributed by atoms with Crippen molar-refractivity contribution < 1.29 is 4.74 Å². The zero-order valence-electron chi connectivity index (χ0n) is 17.3. The average Bonchev–Trinajstić information content (AvgIpc) is 3.15. The number of ether oxygens (including phenoxy) is 1. The van der Waals surface area contributed by atoms with Gasteiger partial charge in [0, 0.05) is 23.1 Å². The molecule has 1 fully saturated rings. The summed E-state index contributed by atoms with van der Waals surface area (Å²) >= 11 is 1.79. The average molecular weight is 409 g/mol. The third-order valence-corrected chi connectivity index (χ3v) is 6.47. The molecule has 0 aliphatic heterocycles. The molecular formula is C23H28N4OS. The van der Waals surface area contributed by atoms with E-state index in [2.05, 4.69) is 51.1 Å². The van der Waals surface area contributed by atoms with E-state index in [0.717, 1.165) is 49.6 Å². The fourth-order valence-corrected chi connectivity index (χ4v) is 4.73. The number of benzene rings is 1. The standard InChI is InChI=1S/C23H28N4OS/c1-4-17-8-13-20(21(15-17)29-3)27-16(2)25-26-23(27)18-9-11-19(12-10-18)28-22-7-5-6-14-24-22/h5-8,13-15,18-19H,4,9-12H2,1-3H3/t18-,19-. The van der Waals surface area contributed by atoms with Crippen LogP contribution in [0.25, 0.3) is 5.69 Å². The lowest BCUT2D eigenvalue weighted by Gasteiger charge is -2.28. The summed E-state index contributed by atoms with van der Waals surface area (Å²) in [6.07, 6.45) is 9.31. The fraction of sp³-hybridized carbons (Fsp3) is 0.435. The lowest BCUT2D eigenvalue weighted by atomic mass is 9.86. The molecule has 5 nitrogen and oxygen atoms in total. The van der Waals surface area contributed by atoms with E-state index in [4.69, 9.17) is 4.74 Å². The second-order valence-electron chi connectivity index (χ2n) is 7.56. The van der Waals surface area contributed by atoms with Gasteiger partial charge in [0.05, 0.1) is 5.69 Å². The molecule has 4 rings (SSSR count). The number of rotatable bonds is 6. The molecule has 0 bridgehead atoms. The third-order valence-electron chi connectivity index (χ3n) is 5.71. The molecule has 0 N–H and O–H groups in total. The number of hydrogen-bond donors (Lipinski definition) is 0. The number of aryl methyl sites for hydroxylation is 2. The molecule has 0 amide bonds. The highest BCUT2D eigenvalue weighted by Crippen LogP contribution is 2.36. The molecule has 6 heteroatoms. The van der Waals surface area contributed by atoms with Crippen LogP contribution < -0.4 is 4.74 Å². The number of nitrogens with zero attached hydrogens (tertiary/aromatic N) is 4. The molecule has 0 atom stereocenters. The zero-order chi connectivity index (χ0) is 20.2. The van der Waals surface area contributed by atoms with Crippen LogP contribution >= 0.6 is 11.8 Å². The summed E-state index contributed by atoms with van der Waals surface area (Å²) in [5.74, 6) is 3.15. The van der Waals surface area contributed by atoms with Crippen molar-refractivity contribution in [2.45, 2.75) is 62.9 Å². The van der Waals surface area contributed by atoms with E-state index < -0.39 is 0 Å². The highest BCUT2D eigenvalue weighted by Gasteiger charge is 2.28. The summed E-state index contributed by atoms with van der Waals surface area (Å²) in [5, 5.41) is 9.03. The Hall–Kier alpha value is -2.34. The molecule has 2 aromatic heterocycles. The van der Waals surface area contributed by atoms with Crippen LogP contribution in [0.3, 0.4) is 0 Å². The Labute approximate surface area is 176 Å².